The summed E-state index contributed by atoms with van der Waals surface area (Å²) >= 11 is 5.78. The predicted molar refractivity (Wildman–Crippen MR) is 78.6 cm³/mol. The molecule has 20 heavy (non-hydrogen) atoms. The van der Waals surface area contributed by atoms with Gasteiger partial charge in [-0.25, -0.2) is 4.79 Å². The van der Waals surface area contributed by atoms with Gasteiger partial charge in [0.1, 0.15) is 0 Å². The maximum atomic E-state index is 11.4. The lowest BCUT2D eigenvalue weighted by molar-refractivity contribution is -0.143. The molecule has 0 atom stereocenters. The van der Waals surface area contributed by atoms with Gasteiger partial charge < -0.3 is 10.1 Å². The molecular weight excluding hydrogens is 278 g/mol. The molecular formula is C15H18ClNO3. The lowest BCUT2D eigenvalue weighted by atomic mass is 10.1. The van der Waals surface area contributed by atoms with Crippen molar-refractivity contribution < 1.29 is 14.3 Å². The molecule has 1 aromatic rings. The summed E-state index contributed by atoms with van der Waals surface area (Å²) in [6.45, 7) is 3.80. The van der Waals surface area contributed by atoms with Gasteiger partial charge in [0.2, 0.25) is 0 Å². The first-order valence-corrected chi connectivity index (χ1v) is 6.68. The molecule has 0 aliphatic heterocycles. The molecule has 0 aliphatic carbocycles. The van der Waals surface area contributed by atoms with E-state index in [9.17, 15) is 9.59 Å². The SMILES string of the molecule is CC(C)=CC(=O)OCC(=O)NCCc1ccc(Cl)cc1. The maximum Gasteiger partial charge on any atom is 0.331 e. The molecule has 5 heteroatoms. The molecule has 0 heterocycles. The van der Waals surface area contributed by atoms with Crippen LogP contribution >= 0.6 is 11.6 Å². The summed E-state index contributed by atoms with van der Waals surface area (Å²) < 4.78 is 4.79. The Kier molecular flexibility index (Phi) is 6.81. The molecule has 0 saturated carbocycles. The number of carbonyl (C=O) groups is 2. The standard InChI is InChI=1S/C15H18ClNO3/c1-11(2)9-15(19)20-10-14(18)17-8-7-12-3-5-13(16)6-4-12/h3-6,9H,7-8,10H2,1-2H3,(H,17,18). The lowest BCUT2D eigenvalue weighted by Crippen LogP contribution is -2.30. The summed E-state index contributed by atoms with van der Waals surface area (Å²) in [4.78, 5) is 22.6. The second-order valence-corrected chi connectivity index (χ2v) is 4.99. The third-order valence-corrected chi connectivity index (χ3v) is 2.65. The van der Waals surface area contributed by atoms with E-state index in [1.807, 2.05) is 12.1 Å². The number of benzene rings is 1. The van der Waals surface area contributed by atoms with Crippen LogP contribution in [0.15, 0.2) is 35.9 Å². The minimum atomic E-state index is -0.502. The van der Waals surface area contributed by atoms with Crippen molar-refractivity contribution in [2.45, 2.75) is 20.3 Å². The third kappa shape index (κ3) is 6.95. The van der Waals surface area contributed by atoms with Gasteiger partial charge >= 0.3 is 5.97 Å². The first kappa shape index (κ1) is 16.2. The second-order valence-electron chi connectivity index (χ2n) is 4.56. The molecule has 4 nitrogen and oxygen atoms in total. The van der Waals surface area contributed by atoms with Crippen LogP contribution in [0.3, 0.4) is 0 Å². The van der Waals surface area contributed by atoms with Gasteiger partial charge in [-0.2, -0.15) is 0 Å². The van der Waals surface area contributed by atoms with E-state index in [4.69, 9.17) is 16.3 Å². The van der Waals surface area contributed by atoms with Crippen LogP contribution in [0.1, 0.15) is 19.4 Å². The van der Waals surface area contributed by atoms with Crippen molar-refractivity contribution in [3.05, 3.63) is 46.5 Å². The highest BCUT2D eigenvalue weighted by Gasteiger charge is 2.04. The molecule has 0 aromatic heterocycles. The summed E-state index contributed by atoms with van der Waals surface area (Å²) in [6.07, 6.45) is 2.05. The largest absolute Gasteiger partial charge is 0.452 e. The van der Waals surface area contributed by atoms with Crippen molar-refractivity contribution in [3.63, 3.8) is 0 Å². The predicted octanol–water partition coefficient (Wildman–Crippen LogP) is 2.51. The van der Waals surface area contributed by atoms with Gasteiger partial charge in [0.25, 0.3) is 5.91 Å². The third-order valence-electron chi connectivity index (χ3n) is 2.40. The minimum absolute atomic E-state index is 0.261. The van der Waals surface area contributed by atoms with Gasteiger partial charge in [-0.15, -0.1) is 0 Å². The topological polar surface area (TPSA) is 55.4 Å². The number of ether oxygens (including phenoxy) is 1. The summed E-state index contributed by atoms with van der Waals surface area (Å²) in [5.74, 6) is -0.813. The molecule has 1 amide bonds. The van der Waals surface area contributed by atoms with Crippen LogP contribution in [0.4, 0.5) is 0 Å². The highest BCUT2D eigenvalue weighted by Crippen LogP contribution is 2.09. The Balaban J connectivity index is 2.22. The number of amides is 1. The van der Waals surface area contributed by atoms with Crippen LogP contribution in [-0.2, 0) is 20.7 Å². The summed E-state index contributed by atoms with van der Waals surface area (Å²) in [6, 6.07) is 7.42. The van der Waals surface area contributed by atoms with Gasteiger partial charge in [-0.3, -0.25) is 4.79 Å². The molecule has 0 spiro atoms. The highest BCUT2D eigenvalue weighted by molar-refractivity contribution is 6.30. The Morgan fingerprint density at radius 3 is 2.50 bits per heavy atom. The Morgan fingerprint density at radius 2 is 1.90 bits per heavy atom. The number of hydrogen-bond donors (Lipinski definition) is 1. The average molecular weight is 296 g/mol. The molecule has 0 saturated heterocycles. The monoisotopic (exact) mass is 295 g/mol. The molecule has 0 unspecified atom stereocenters. The molecule has 1 rings (SSSR count). The Morgan fingerprint density at radius 1 is 1.25 bits per heavy atom. The number of carbonyl (C=O) groups excluding carboxylic acids is 2. The van der Waals surface area contributed by atoms with Crippen LogP contribution in [0.25, 0.3) is 0 Å². The Hall–Kier alpha value is -1.81. The zero-order valence-corrected chi connectivity index (χ0v) is 12.4. The van der Waals surface area contributed by atoms with E-state index in [0.29, 0.717) is 18.0 Å². The number of nitrogens with one attached hydrogen (secondary N) is 1. The van der Waals surface area contributed by atoms with Crippen LogP contribution in [0.2, 0.25) is 5.02 Å². The molecule has 0 aliphatic rings. The van der Waals surface area contributed by atoms with Crippen molar-refractivity contribution in [1.29, 1.82) is 0 Å². The van der Waals surface area contributed by atoms with Gasteiger partial charge in [0, 0.05) is 17.6 Å². The summed E-state index contributed by atoms with van der Waals surface area (Å²) in [7, 11) is 0. The number of allylic oxidation sites excluding steroid dienone is 1. The number of hydrogen-bond acceptors (Lipinski definition) is 3. The first-order valence-electron chi connectivity index (χ1n) is 6.30. The van der Waals surface area contributed by atoms with Gasteiger partial charge in [0.15, 0.2) is 6.61 Å². The summed E-state index contributed by atoms with van der Waals surface area (Å²) in [5, 5.41) is 3.37. The first-order chi connectivity index (χ1) is 9.47. The van der Waals surface area contributed by atoms with Crippen LogP contribution in [0, 0.1) is 0 Å². The number of halogens is 1. The quantitative estimate of drug-likeness (QED) is 0.648. The minimum Gasteiger partial charge on any atom is -0.452 e. The fraction of sp³-hybridized carbons (Fsp3) is 0.333. The van der Waals surface area contributed by atoms with Crippen molar-refractivity contribution in [2.75, 3.05) is 13.2 Å². The Bertz CT molecular complexity index is 490. The highest BCUT2D eigenvalue weighted by atomic mass is 35.5. The van der Waals surface area contributed by atoms with Crippen LogP contribution in [0.5, 0.6) is 0 Å². The normalized spacial score (nSPS) is 9.75. The maximum absolute atomic E-state index is 11.4. The molecule has 1 N–H and O–H groups in total. The van der Waals surface area contributed by atoms with E-state index < -0.39 is 5.97 Å². The van der Waals surface area contributed by atoms with E-state index in [0.717, 1.165) is 11.1 Å². The zero-order valence-electron chi connectivity index (χ0n) is 11.6. The van der Waals surface area contributed by atoms with E-state index in [-0.39, 0.29) is 12.5 Å². The van der Waals surface area contributed by atoms with Crippen LogP contribution < -0.4 is 5.32 Å². The molecule has 0 radical (unpaired) electrons. The second kappa shape index (κ2) is 8.38. The van der Waals surface area contributed by atoms with Crippen LogP contribution in [-0.4, -0.2) is 25.0 Å². The van der Waals surface area contributed by atoms with Gasteiger partial charge in [-0.05, 0) is 38.0 Å². The zero-order chi connectivity index (χ0) is 15.0. The molecule has 108 valence electrons. The van der Waals surface area contributed by atoms with E-state index in [2.05, 4.69) is 5.32 Å². The molecule has 1 aromatic carbocycles. The van der Waals surface area contributed by atoms with E-state index >= 15 is 0 Å². The lowest BCUT2D eigenvalue weighted by Gasteiger charge is -2.06. The summed E-state index contributed by atoms with van der Waals surface area (Å²) in [5.41, 5.74) is 1.91. The number of rotatable bonds is 6. The van der Waals surface area contributed by atoms with E-state index in [1.54, 1.807) is 26.0 Å². The molecule has 0 fully saturated rings. The fourth-order valence-electron chi connectivity index (χ4n) is 1.46. The smallest absolute Gasteiger partial charge is 0.331 e. The molecule has 0 bridgehead atoms. The number of esters is 1. The van der Waals surface area contributed by atoms with Gasteiger partial charge in [-0.1, -0.05) is 29.3 Å². The Labute approximate surface area is 123 Å². The van der Waals surface area contributed by atoms with Crippen molar-refractivity contribution >= 4 is 23.5 Å². The van der Waals surface area contributed by atoms with Crippen molar-refractivity contribution in [3.8, 4) is 0 Å². The van der Waals surface area contributed by atoms with Gasteiger partial charge in [0.05, 0.1) is 0 Å². The van der Waals surface area contributed by atoms with Crippen molar-refractivity contribution in [2.24, 2.45) is 0 Å². The van der Waals surface area contributed by atoms with E-state index in [1.165, 1.54) is 6.08 Å². The fourth-order valence-corrected chi connectivity index (χ4v) is 1.59. The van der Waals surface area contributed by atoms with Crippen molar-refractivity contribution in [1.82, 2.24) is 5.32 Å². The average Bonchev–Trinajstić information content (AvgIpc) is 2.38.